The van der Waals surface area contributed by atoms with Gasteiger partial charge in [-0.15, -0.1) is 0 Å². The van der Waals surface area contributed by atoms with E-state index >= 15 is 0 Å². The minimum absolute atomic E-state index is 0.0569. The van der Waals surface area contributed by atoms with Crippen LogP contribution >= 0.6 is 0 Å². The number of aromatic hydroxyl groups is 1. The van der Waals surface area contributed by atoms with E-state index in [1.807, 2.05) is 24.3 Å². The lowest BCUT2D eigenvalue weighted by atomic mass is 9.86. The molecule has 252 valence electrons. The minimum Gasteiger partial charge on any atom is -0.506 e. The number of pyridine rings is 1. The molecule has 49 heavy (non-hydrogen) atoms. The Balaban J connectivity index is 0.951. The number of ether oxygens (including phenoxy) is 1. The molecule has 1 aromatic heterocycles. The fourth-order valence-corrected chi connectivity index (χ4v) is 6.09. The Hall–Kier alpha value is -5.49. The first kappa shape index (κ1) is 33.4. The molecular weight excluding hydrogens is 626 g/mol. The average Bonchev–Trinajstić information content (AvgIpc) is 3.10. The maximum absolute atomic E-state index is 13.0. The van der Waals surface area contributed by atoms with E-state index in [1.54, 1.807) is 65.6 Å². The van der Waals surface area contributed by atoms with Crippen LogP contribution in [0.25, 0.3) is 10.9 Å². The molecule has 1 aliphatic heterocycles. The molecule has 1 amide bonds. The maximum Gasteiger partial charge on any atom is 0.345 e. The van der Waals surface area contributed by atoms with Crippen LogP contribution in [0.1, 0.15) is 38.7 Å². The molecule has 0 aliphatic carbocycles. The third-order valence-electron chi connectivity index (χ3n) is 8.88. The number of fused-ring (bicyclic) bond motifs is 1. The zero-order chi connectivity index (χ0) is 34.5. The summed E-state index contributed by atoms with van der Waals surface area (Å²) in [5.41, 5.74) is 0.390. The second kappa shape index (κ2) is 14.3. The summed E-state index contributed by atoms with van der Waals surface area (Å²) in [5.74, 6) is -0.960. The Labute approximate surface area is 282 Å². The molecule has 5 aromatic rings. The Morgan fingerprint density at radius 2 is 1.67 bits per heavy atom. The lowest BCUT2D eigenvalue weighted by Gasteiger charge is -2.39. The molecule has 2 heterocycles. The SMILES string of the molecule is O=C(c1ccc(CCNCC(O)c2ccc(O)c3[nH]c(=O)ccc23)cc1)N1CC(COc2cccc(C(O)(C(=O)O)c3ccccc3)c2)C1. The molecule has 11 nitrogen and oxygen atoms in total. The number of hydrogen-bond donors (Lipinski definition) is 6. The highest BCUT2D eigenvalue weighted by Gasteiger charge is 2.40. The van der Waals surface area contributed by atoms with Crippen LogP contribution < -0.4 is 15.6 Å². The van der Waals surface area contributed by atoms with Gasteiger partial charge in [-0.25, -0.2) is 4.79 Å². The van der Waals surface area contributed by atoms with Gasteiger partial charge in [-0.3, -0.25) is 9.59 Å². The number of carbonyl (C=O) groups is 2. The van der Waals surface area contributed by atoms with Crippen LogP contribution in [-0.2, 0) is 16.8 Å². The van der Waals surface area contributed by atoms with Crippen molar-refractivity contribution in [2.45, 2.75) is 18.1 Å². The monoisotopic (exact) mass is 663 g/mol. The molecule has 4 aromatic carbocycles. The van der Waals surface area contributed by atoms with E-state index in [2.05, 4.69) is 10.3 Å². The van der Waals surface area contributed by atoms with Gasteiger partial charge in [-0.2, -0.15) is 0 Å². The number of aliphatic hydroxyl groups excluding tert-OH is 1. The van der Waals surface area contributed by atoms with Crippen molar-refractivity contribution in [3.63, 3.8) is 0 Å². The number of hydrogen-bond acceptors (Lipinski definition) is 8. The number of H-pyrrole nitrogens is 1. The number of carbonyl (C=O) groups excluding carboxylic acids is 1. The summed E-state index contributed by atoms with van der Waals surface area (Å²) in [6.45, 7) is 2.27. The van der Waals surface area contributed by atoms with Gasteiger partial charge in [-0.05, 0) is 66.1 Å². The topological polar surface area (TPSA) is 172 Å². The number of nitrogens with one attached hydrogen (secondary N) is 2. The van der Waals surface area contributed by atoms with Crippen molar-refractivity contribution in [1.82, 2.24) is 15.2 Å². The number of aliphatic hydroxyl groups is 2. The smallest absolute Gasteiger partial charge is 0.345 e. The van der Waals surface area contributed by atoms with Gasteiger partial charge in [0.15, 0.2) is 0 Å². The molecule has 1 fully saturated rings. The van der Waals surface area contributed by atoms with Crippen molar-refractivity contribution in [3.05, 3.63) is 141 Å². The van der Waals surface area contributed by atoms with Gasteiger partial charge in [-0.1, -0.05) is 60.7 Å². The molecule has 0 bridgehead atoms. The Bertz CT molecular complexity index is 2010. The van der Waals surface area contributed by atoms with Gasteiger partial charge in [0.1, 0.15) is 11.5 Å². The van der Waals surface area contributed by atoms with Gasteiger partial charge in [0.05, 0.1) is 18.2 Å². The predicted octanol–water partition coefficient (Wildman–Crippen LogP) is 3.57. The van der Waals surface area contributed by atoms with E-state index in [4.69, 9.17) is 4.74 Å². The molecule has 1 saturated heterocycles. The van der Waals surface area contributed by atoms with Crippen molar-refractivity contribution < 1.29 is 34.8 Å². The normalized spacial score (nSPS) is 14.9. The molecule has 6 N–H and O–H groups in total. The highest BCUT2D eigenvalue weighted by atomic mass is 16.5. The zero-order valence-electron chi connectivity index (χ0n) is 26.6. The third-order valence-corrected chi connectivity index (χ3v) is 8.88. The van der Waals surface area contributed by atoms with Gasteiger partial charge in [0, 0.05) is 48.1 Å². The van der Waals surface area contributed by atoms with Crippen molar-refractivity contribution in [2.75, 3.05) is 32.8 Å². The molecule has 0 spiro atoms. The van der Waals surface area contributed by atoms with Gasteiger partial charge >= 0.3 is 5.97 Å². The highest BCUT2D eigenvalue weighted by Crippen LogP contribution is 2.33. The van der Waals surface area contributed by atoms with E-state index in [9.17, 15) is 34.8 Å². The van der Waals surface area contributed by atoms with Crippen LogP contribution in [-0.4, -0.2) is 75.0 Å². The van der Waals surface area contributed by atoms with Crippen LogP contribution in [0.2, 0.25) is 0 Å². The van der Waals surface area contributed by atoms with Crippen molar-refractivity contribution in [2.24, 2.45) is 5.92 Å². The van der Waals surface area contributed by atoms with Crippen LogP contribution in [0.4, 0.5) is 0 Å². The fourth-order valence-electron chi connectivity index (χ4n) is 6.09. The number of aliphatic carboxylic acids is 1. The van der Waals surface area contributed by atoms with Crippen molar-refractivity contribution >= 4 is 22.8 Å². The number of carboxylic acid groups (broad SMARTS) is 1. The predicted molar refractivity (Wildman–Crippen MR) is 183 cm³/mol. The molecule has 6 rings (SSSR count). The Morgan fingerprint density at radius 3 is 2.41 bits per heavy atom. The number of phenolic OH excluding ortho intramolecular Hbond substituents is 1. The maximum atomic E-state index is 13.0. The minimum atomic E-state index is -2.22. The van der Waals surface area contributed by atoms with E-state index in [0.29, 0.717) is 60.4 Å². The first-order valence-electron chi connectivity index (χ1n) is 16.0. The van der Waals surface area contributed by atoms with Gasteiger partial charge in [0.25, 0.3) is 5.91 Å². The molecule has 0 saturated carbocycles. The van der Waals surface area contributed by atoms with E-state index in [0.717, 1.165) is 5.56 Å². The quantitative estimate of drug-likeness (QED) is 0.103. The summed E-state index contributed by atoms with van der Waals surface area (Å²) in [6.07, 6.45) is -0.161. The van der Waals surface area contributed by atoms with Gasteiger partial charge < -0.3 is 40.4 Å². The number of aromatic nitrogens is 1. The summed E-state index contributed by atoms with van der Waals surface area (Å²) in [6, 6.07) is 28.1. The second-order valence-corrected chi connectivity index (χ2v) is 12.2. The Morgan fingerprint density at radius 1 is 0.939 bits per heavy atom. The Kier molecular flexibility index (Phi) is 9.77. The van der Waals surface area contributed by atoms with Crippen molar-refractivity contribution in [1.29, 1.82) is 0 Å². The fraction of sp³-hybridized carbons (Fsp3) is 0.237. The number of aromatic amines is 1. The molecule has 2 unspecified atom stereocenters. The molecule has 11 heteroatoms. The van der Waals surface area contributed by atoms with E-state index < -0.39 is 17.7 Å². The number of likely N-dealkylation sites (tertiary alicyclic amines) is 1. The first-order valence-corrected chi connectivity index (χ1v) is 16.0. The highest BCUT2D eigenvalue weighted by molar-refractivity contribution is 5.94. The van der Waals surface area contributed by atoms with E-state index in [-0.39, 0.29) is 40.8 Å². The molecule has 0 radical (unpaired) electrons. The summed E-state index contributed by atoms with van der Waals surface area (Å²) < 4.78 is 5.94. The summed E-state index contributed by atoms with van der Waals surface area (Å²) in [4.78, 5) is 41.2. The number of rotatable bonds is 13. The van der Waals surface area contributed by atoms with Crippen molar-refractivity contribution in [3.8, 4) is 11.5 Å². The largest absolute Gasteiger partial charge is 0.506 e. The molecule has 1 aliphatic rings. The standard InChI is InChI=1S/C38H37N3O8/c42-32-15-13-30(31-14-16-34(44)40-35(31)32)33(43)20-39-18-17-24-9-11-26(12-10-24)36(45)41-21-25(22-41)23-49-29-8-4-7-28(19-29)38(48,37(46)47)27-5-2-1-3-6-27/h1-16,19,25,33,39,42-43,48H,17-18,20-23H2,(H,40,44)(H,46,47). The number of phenols is 1. The van der Waals surface area contributed by atoms with E-state index in [1.165, 1.54) is 18.2 Å². The zero-order valence-corrected chi connectivity index (χ0v) is 26.6. The summed E-state index contributed by atoms with van der Waals surface area (Å²) in [5, 5.41) is 45.6. The number of carboxylic acids is 1. The average molecular weight is 664 g/mol. The number of benzene rings is 4. The first-order chi connectivity index (χ1) is 23.6. The van der Waals surface area contributed by atoms with Gasteiger partial charge in [0.2, 0.25) is 11.2 Å². The van der Waals surface area contributed by atoms with Crippen LogP contribution in [0.3, 0.4) is 0 Å². The van der Waals surface area contributed by atoms with Crippen LogP contribution in [0.5, 0.6) is 11.5 Å². The van der Waals surface area contributed by atoms with Crippen LogP contribution in [0.15, 0.2) is 108 Å². The number of nitrogens with zero attached hydrogens (tertiary/aromatic N) is 1. The second-order valence-electron chi connectivity index (χ2n) is 12.2. The third kappa shape index (κ3) is 7.19. The molecular formula is C38H37N3O8. The number of amides is 1. The summed E-state index contributed by atoms with van der Waals surface area (Å²) >= 11 is 0. The summed E-state index contributed by atoms with van der Waals surface area (Å²) in [7, 11) is 0. The molecule has 2 atom stereocenters. The lowest BCUT2D eigenvalue weighted by Crippen LogP contribution is -2.52. The van der Waals surface area contributed by atoms with Crippen LogP contribution in [0, 0.1) is 5.92 Å². The lowest BCUT2D eigenvalue weighted by molar-refractivity contribution is -0.155.